The lowest BCUT2D eigenvalue weighted by molar-refractivity contribution is -0.549. The first-order valence-corrected chi connectivity index (χ1v) is 25.2. The highest BCUT2D eigenvalue weighted by Gasteiger charge is 2.68. The predicted octanol–water partition coefficient (Wildman–Crippen LogP) is 8.61. The molecule has 21 nitrogen and oxygen atoms in total. The van der Waals surface area contributed by atoms with Crippen LogP contribution in [0.1, 0.15) is 121 Å². The second-order valence-electron chi connectivity index (χ2n) is 21.6. The Bertz CT molecular complexity index is 1910. The van der Waals surface area contributed by atoms with Crippen molar-refractivity contribution in [1.82, 2.24) is 21.3 Å². The van der Waals surface area contributed by atoms with E-state index in [1.54, 1.807) is 13.8 Å². The third-order valence-electron chi connectivity index (χ3n) is 12.4. The van der Waals surface area contributed by atoms with Gasteiger partial charge in [0.25, 0.3) is 0 Å². The molecule has 0 aromatic rings. The van der Waals surface area contributed by atoms with Crippen molar-refractivity contribution in [3.63, 3.8) is 0 Å². The number of hydrogen-bond acceptors (Lipinski definition) is 17. The molecular formula is C48H78F8N4O17. The van der Waals surface area contributed by atoms with Gasteiger partial charge in [0.05, 0.1) is 25.0 Å². The lowest BCUT2D eigenvalue weighted by atomic mass is 9.62. The van der Waals surface area contributed by atoms with Crippen LogP contribution in [0, 0.1) is 33.5 Å². The van der Waals surface area contributed by atoms with Gasteiger partial charge in [0.1, 0.15) is 46.2 Å². The first kappa shape index (κ1) is 68.4. The van der Waals surface area contributed by atoms with Crippen molar-refractivity contribution in [3.8, 4) is 0 Å². The summed E-state index contributed by atoms with van der Waals surface area (Å²) in [4.78, 5) is 73.2. The summed E-state index contributed by atoms with van der Waals surface area (Å²) in [5.41, 5.74) is -1.79. The topological polar surface area (TPSA) is 252 Å². The zero-order valence-electron chi connectivity index (χ0n) is 45.4. The highest BCUT2D eigenvalue weighted by Crippen LogP contribution is 2.47. The average molecular weight is 1140 g/mol. The van der Waals surface area contributed by atoms with Crippen LogP contribution < -0.4 is 21.3 Å². The first-order valence-electron chi connectivity index (χ1n) is 25.2. The minimum Gasteiger partial charge on any atom is -0.462 e. The van der Waals surface area contributed by atoms with Crippen LogP contribution in [0.15, 0.2) is 0 Å². The van der Waals surface area contributed by atoms with E-state index in [-0.39, 0.29) is 74.3 Å². The van der Waals surface area contributed by atoms with Crippen LogP contribution in [0.2, 0.25) is 0 Å². The fourth-order valence-corrected chi connectivity index (χ4v) is 9.26. The van der Waals surface area contributed by atoms with Gasteiger partial charge in [-0.3, -0.25) is 14.3 Å². The number of esters is 2. The summed E-state index contributed by atoms with van der Waals surface area (Å²) in [6.07, 6.45) is -22.8. The van der Waals surface area contributed by atoms with Crippen molar-refractivity contribution in [2.75, 3.05) is 79.3 Å². The maximum atomic E-state index is 14.2. The number of halogens is 8. The molecule has 448 valence electrons. The van der Waals surface area contributed by atoms with Crippen molar-refractivity contribution in [1.29, 1.82) is 0 Å². The largest absolute Gasteiger partial charge is 0.492 e. The zero-order valence-corrected chi connectivity index (χ0v) is 45.4. The number of rotatable bonds is 32. The number of hydrogen-bond donors (Lipinski definition) is 4. The second-order valence-corrected chi connectivity index (χ2v) is 21.6. The van der Waals surface area contributed by atoms with E-state index in [1.165, 1.54) is 0 Å². The van der Waals surface area contributed by atoms with Crippen molar-refractivity contribution in [3.05, 3.63) is 0 Å². The van der Waals surface area contributed by atoms with Crippen LogP contribution in [0.3, 0.4) is 0 Å². The molecule has 2 aliphatic carbocycles. The Hall–Kier alpha value is -4.74. The molecule has 0 aromatic carbocycles. The number of carbonyl (C=O) groups excluding carboxylic acids is 6. The third-order valence-corrected chi connectivity index (χ3v) is 12.4. The molecule has 0 spiro atoms. The smallest absolute Gasteiger partial charge is 0.462 e. The standard InChI is InChI=1S/C48H78F8N4O17/c1-11-31(3)35(61)69-17-19-73-39(65)59-33-21-41(5,6)25-43(9,23-33)27-57-37(63)71-15-13-67-29-45(49,50)76-46(51,52)47(53,54)77-48(55,56)75-30-68-14-16-72-38(64)58-28-44(10)24-34(22-42(7,8)26-44)60-40(66)74-20-18-70-36(62)32(4)12-2/h31-34H,11-30H2,1-10H3,(H,57,63)(H,58,64)(H,59,65)(H,60,66). The van der Waals surface area contributed by atoms with Crippen molar-refractivity contribution < 1.29 is 116 Å². The second kappa shape index (κ2) is 30.0. The fraction of sp³-hybridized carbons (Fsp3) is 0.875. The number of carbonyl (C=O) groups is 6. The van der Waals surface area contributed by atoms with Gasteiger partial charge in [-0.15, -0.1) is 8.78 Å². The van der Waals surface area contributed by atoms with Crippen LogP contribution >= 0.6 is 0 Å². The molecule has 4 amide bonds. The minimum atomic E-state index is -6.44. The summed E-state index contributed by atoms with van der Waals surface area (Å²) in [7, 11) is 0. The Morgan fingerprint density at radius 3 is 1.29 bits per heavy atom. The van der Waals surface area contributed by atoms with Crippen molar-refractivity contribution in [2.45, 2.75) is 157 Å². The summed E-state index contributed by atoms with van der Waals surface area (Å²) < 4.78 is 161. The minimum absolute atomic E-state index is 0.0209. The number of alkyl halides is 8. The highest BCUT2D eigenvalue weighted by atomic mass is 19.3. The van der Waals surface area contributed by atoms with E-state index in [2.05, 4.69) is 45.0 Å². The zero-order chi connectivity index (χ0) is 58.5. The Balaban J connectivity index is 1.69. The molecule has 2 saturated carbocycles. The molecule has 0 aromatic heterocycles. The third kappa shape index (κ3) is 26.6. The van der Waals surface area contributed by atoms with Crippen LogP contribution in [-0.4, -0.2) is 152 Å². The van der Waals surface area contributed by atoms with Crippen LogP contribution in [0.4, 0.5) is 54.3 Å². The Morgan fingerprint density at radius 1 is 0.506 bits per heavy atom. The van der Waals surface area contributed by atoms with E-state index in [0.29, 0.717) is 51.4 Å². The van der Waals surface area contributed by atoms with Crippen molar-refractivity contribution >= 4 is 36.3 Å². The van der Waals surface area contributed by atoms with Gasteiger partial charge in [0.2, 0.25) is 0 Å². The van der Waals surface area contributed by atoms with Gasteiger partial charge in [-0.05, 0) is 73.0 Å². The molecule has 29 heteroatoms. The molecule has 4 N–H and O–H groups in total. The summed E-state index contributed by atoms with van der Waals surface area (Å²) in [6.45, 7) is 11.5. The van der Waals surface area contributed by atoms with E-state index in [0.717, 1.165) is 0 Å². The van der Waals surface area contributed by atoms with Crippen LogP contribution in [-0.2, 0) is 61.7 Å². The lowest BCUT2D eigenvalue weighted by Crippen LogP contribution is -2.53. The van der Waals surface area contributed by atoms with Gasteiger partial charge >= 0.3 is 60.9 Å². The summed E-state index contributed by atoms with van der Waals surface area (Å²) >= 11 is 0. The summed E-state index contributed by atoms with van der Waals surface area (Å²) in [6, 6.07) is -0.744. The predicted molar refractivity (Wildman–Crippen MR) is 252 cm³/mol. The number of alkyl carbamates (subject to hydrolysis) is 4. The van der Waals surface area contributed by atoms with E-state index in [9.17, 15) is 63.9 Å². The Labute approximate surface area is 443 Å². The Kier molecular flexibility index (Phi) is 26.6. The SMILES string of the molecule is CCC(C)C(=O)OCCOC(=O)NC1CC(C)(C)CC(C)(CNC(=O)OCCOCOC(F)(F)OC(F)(F)C(F)(F)OC(F)(F)COCCOC(=O)NCC2(C)CC(NC(=O)OCCOC(=O)C(C)CC)CC(C)(C)C2)C1. The molecule has 2 rings (SSSR count). The highest BCUT2D eigenvalue weighted by molar-refractivity contribution is 5.72. The molecule has 2 fully saturated rings. The van der Waals surface area contributed by atoms with Gasteiger partial charge in [0.15, 0.2) is 6.79 Å². The maximum Gasteiger partial charge on any atom is 0.492 e. The number of amides is 4. The van der Waals surface area contributed by atoms with Gasteiger partial charge in [-0.25, -0.2) is 28.7 Å². The number of nitrogens with one attached hydrogen (secondary N) is 4. The van der Waals surface area contributed by atoms with E-state index in [4.69, 9.17) is 28.4 Å². The summed E-state index contributed by atoms with van der Waals surface area (Å²) in [5, 5.41) is 10.6. The molecule has 2 aliphatic rings. The van der Waals surface area contributed by atoms with Gasteiger partial charge in [0, 0.05) is 25.2 Å². The van der Waals surface area contributed by atoms with E-state index >= 15 is 0 Å². The lowest BCUT2D eigenvalue weighted by Gasteiger charge is -2.46. The number of ether oxygens (including phenoxy) is 11. The molecule has 0 saturated heterocycles. The van der Waals surface area contributed by atoms with E-state index in [1.807, 2.05) is 55.4 Å². The monoisotopic (exact) mass is 1130 g/mol. The molecule has 0 heterocycles. The van der Waals surface area contributed by atoms with Crippen LogP contribution in [0.25, 0.3) is 0 Å². The molecular weight excluding hydrogens is 1060 g/mol. The normalized spacial score (nSPS) is 22.3. The maximum absolute atomic E-state index is 14.2. The molecule has 6 unspecified atom stereocenters. The molecule has 0 radical (unpaired) electrons. The van der Waals surface area contributed by atoms with Gasteiger partial charge < -0.3 is 59.2 Å². The average Bonchev–Trinajstić information content (AvgIpc) is 3.28. The Morgan fingerprint density at radius 2 is 0.870 bits per heavy atom. The first-order chi connectivity index (χ1) is 35.5. The van der Waals surface area contributed by atoms with Crippen molar-refractivity contribution in [2.24, 2.45) is 33.5 Å². The van der Waals surface area contributed by atoms with Gasteiger partial charge in [-0.2, -0.15) is 26.3 Å². The fourth-order valence-electron chi connectivity index (χ4n) is 9.26. The van der Waals surface area contributed by atoms with E-state index < -0.39 is 112 Å². The van der Waals surface area contributed by atoms with Gasteiger partial charge in [-0.1, -0.05) is 69.2 Å². The summed E-state index contributed by atoms with van der Waals surface area (Å²) in [5.74, 6) is -1.41. The molecule has 77 heavy (non-hydrogen) atoms. The van der Waals surface area contributed by atoms with Crippen LogP contribution in [0.5, 0.6) is 0 Å². The molecule has 0 aliphatic heterocycles. The molecule has 0 bridgehead atoms. The molecule has 6 atom stereocenters. The quantitative estimate of drug-likeness (QED) is 0.0162.